The average Bonchev–Trinajstić information content (AvgIpc) is 2.27. The molecule has 17 heavy (non-hydrogen) atoms. The Labute approximate surface area is 111 Å². The Morgan fingerprint density at radius 2 is 2.18 bits per heavy atom. The minimum absolute atomic E-state index is 0.0352. The van der Waals surface area contributed by atoms with Crippen LogP contribution in [-0.2, 0) is 4.79 Å². The van der Waals surface area contributed by atoms with Crippen molar-refractivity contribution in [2.45, 2.75) is 26.7 Å². The van der Waals surface area contributed by atoms with Crippen LogP contribution in [0.15, 0.2) is 22.7 Å². The van der Waals surface area contributed by atoms with E-state index in [1.54, 1.807) is 11.9 Å². The maximum atomic E-state index is 12.1. The molecule has 0 bridgehead atoms. The van der Waals surface area contributed by atoms with E-state index < -0.39 is 0 Å². The summed E-state index contributed by atoms with van der Waals surface area (Å²) in [5, 5.41) is 0. The van der Waals surface area contributed by atoms with Crippen LogP contribution < -0.4 is 10.6 Å². The molecule has 1 rings (SSSR count). The van der Waals surface area contributed by atoms with Crippen LogP contribution in [0.1, 0.15) is 26.7 Å². The molecular weight excluding hydrogens is 280 g/mol. The third kappa shape index (κ3) is 3.46. The van der Waals surface area contributed by atoms with Gasteiger partial charge in [-0.2, -0.15) is 0 Å². The molecule has 0 heterocycles. The predicted molar refractivity (Wildman–Crippen MR) is 76.0 cm³/mol. The molecule has 0 saturated carbocycles. The summed E-state index contributed by atoms with van der Waals surface area (Å²) in [5.41, 5.74) is 7.29. The zero-order chi connectivity index (χ0) is 13.0. The number of nitrogens with zero attached hydrogens (tertiary/aromatic N) is 1. The highest BCUT2D eigenvalue weighted by Gasteiger charge is 2.19. The summed E-state index contributed by atoms with van der Waals surface area (Å²) in [7, 11) is 1.77. The molecule has 0 aliphatic carbocycles. The van der Waals surface area contributed by atoms with Crippen LogP contribution in [0.5, 0.6) is 0 Å². The standard InChI is InChI=1S/C13H19BrN2O/c1-4-5-9(2)13(17)16(3)12-7-6-10(14)8-11(12)15/h6-9H,4-5,15H2,1-3H3. The van der Waals surface area contributed by atoms with Crippen molar-refractivity contribution in [2.24, 2.45) is 5.92 Å². The van der Waals surface area contributed by atoms with E-state index in [4.69, 9.17) is 5.73 Å². The molecule has 0 spiro atoms. The molecule has 1 amide bonds. The second-order valence-electron chi connectivity index (χ2n) is 4.29. The molecule has 4 heteroatoms. The van der Waals surface area contributed by atoms with Gasteiger partial charge in [0.05, 0.1) is 11.4 Å². The van der Waals surface area contributed by atoms with Gasteiger partial charge in [0.2, 0.25) is 5.91 Å². The van der Waals surface area contributed by atoms with E-state index in [0.717, 1.165) is 23.0 Å². The summed E-state index contributed by atoms with van der Waals surface area (Å²) in [4.78, 5) is 13.8. The van der Waals surface area contributed by atoms with Gasteiger partial charge in [0.1, 0.15) is 0 Å². The number of halogens is 1. The summed E-state index contributed by atoms with van der Waals surface area (Å²) < 4.78 is 0.918. The van der Waals surface area contributed by atoms with Gasteiger partial charge in [-0.1, -0.05) is 36.2 Å². The molecule has 0 aliphatic rings. The van der Waals surface area contributed by atoms with Crippen LogP contribution in [0, 0.1) is 5.92 Å². The number of nitrogens with two attached hydrogens (primary N) is 1. The molecular formula is C13H19BrN2O. The molecule has 0 aliphatic heterocycles. The molecule has 2 N–H and O–H groups in total. The SMILES string of the molecule is CCCC(C)C(=O)N(C)c1ccc(Br)cc1N. The molecule has 0 saturated heterocycles. The normalized spacial score (nSPS) is 12.2. The molecule has 94 valence electrons. The second-order valence-corrected chi connectivity index (χ2v) is 5.21. The van der Waals surface area contributed by atoms with E-state index >= 15 is 0 Å². The lowest BCUT2D eigenvalue weighted by atomic mass is 10.0. The van der Waals surface area contributed by atoms with E-state index in [9.17, 15) is 4.79 Å². The van der Waals surface area contributed by atoms with Crippen LogP contribution in [0.25, 0.3) is 0 Å². The fourth-order valence-corrected chi connectivity index (χ4v) is 2.22. The monoisotopic (exact) mass is 298 g/mol. The minimum Gasteiger partial charge on any atom is -0.397 e. The van der Waals surface area contributed by atoms with Crippen molar-refractivity contribution < 1.29 is 4.79 Å². The Bertz CT molecular complexity index is 406. The van der Waals surface area contributed by atoms with Crippen LogP contribution in [-0.4, -0.2) is 13.0 Å². The summed E-state index contributed by atoms with van der Waals surface area (Å²) in [6.45, 7) is 4.04. The summed E-state index contributed by atoms with van der Waals surface area (Å²) in [6.07, 6.45) is 1.91. The molecule has 1 aromatic carbocycles. The number of rotatable bonds is 4. The Morgan fingerprint density at radius 1 is 1.53 bits per heavy atom. The number of benzene rings is 1. The van der Waals surface area contributed by atoms with Crippen molar-refractivity contribution in [1.82, 2.24) is 0 Å². The maximum absolute atomic E-state index is 12.1. The zero-order valence-corrected chi connectivity index (χ0v) is 12.1. The lowest BCUT2D eigenvalue weighted by Gasteiger charge is -2.22. The zero-order valence-electron chi connectivity index (χ0n) is 10.5. The van der Waals surface area contributed by atoms with Gasteiger partial charge < -0.3 is 10.6 Å². The quantitative estimate of drug-likeness (QED) is 0.866. The molecule has 3 nitrogen and oxygen atoms in total. The van der Waals surface area contributed by atoms with Crippen LogP contribution in [0.2, 0.25) is 0 Å². The van der Waals surface area contributed by atoms with Crippen LogP contribution in [0.3, 0.4) is 0 Å². The lowest BCUT2D eigenvalue weighted by molar-refractivity contribution is -0.121. The van der Waals surface area contributed by atoms with Crippen LogP contribution in [0.4, 0.5) is 11.4 Å². The number of anilines is 2. The largest absolute Gasteiger partial charge is 0.397 e. The van der Waals surface area contributed by atoms with E-state index in [0.29, 0.717) is 5.69 Å². The molecule has 1 unspecified atom stereocenters. The fourth-order valence-electron chi connectivity index (χ4n) is 1.84. The highest BCUT2D eigenvalue weighted by Crippen LogP contribution is 2.27. The van der Waals surface area contributed by atoms with Crippen molar-refractivity contribution in [3.8, 4) is 0 Å². The smallest absolute Gasteiger partial charge is 0.229 e. The molecule has 0 aromatic heterocycles. The maximum Gasteiger partial charge on any atom is 0.229 e. The van der Waals surface area contributed by atoms with E-state index in [1.165, 1.54) is 0 Å². The van der Waals surface area contributed by atoms with Gasteiger partial charge in [0, 0.05) is 17.4 Å². The first kappa shape index (κ1) is 14.0. The van der Waals surface area contributed by atoms with Gasteiger partial charge in [0.25, 0.3) is 0 Å². The lowest BCUT2D eigenvalue weighted by Crippen LogP contribution is -2.32. The number of amides is 1. The number of hydrogen-bond acceptors (Lipinski definition) is 2. The van der Waals surface area contributed by atoms with E-state index in [-0.39, 0.29) is 11.8 Å². The van der Waals surface area contributed by atoms with Gasteiger partial charge in [-0.05, 0) is 24.6 Å². The first-order chi connectivity index (χ1) is 7.97. The number of hydrogen-bond donors (Lipinski definition) is 1. The van der Waals surface area contributed by atoms with Gasteiger partial charge in [-0.25, -0.2) is 0 Å². The van der Waals surface area contributed by atoms with Gasteiger partial charge in [0.15, 0.2) is 0 Å². The Kier molecular flexibility index (Phi) is 5.00. The fraction of sp³-hybridized carbons (Fsp3) is 0.462. The molecule has 1 aromatic rings. The summed E-state index contributed by atoms with van der Waals surface area (Å²) in [5.74, 6) is 0.147. The van der Waals surface area contributed by atoms with E-state index in [1.807, 2.05) is 25.1 Å². The van der Waals surface area contributed by atoms with Crippen molar-refractivity contribution >= 4 is 33.2 Å². The van der Waals surface area contributed by atoms with Crippen molar-refractivity contribution in [3.63, 3.8) is 0 Å². The Balaban J connectivity index is 2.88. The van der Waals surface area contributed by atoms with Crippen molar-refractivity contribution in [1.29, 1.82) is 0 Å². The number of carbonyl (C=O) groups excluding carboxylic acids is 1. The van der Waals surface area contributed by atoms with Gasteiger partial charge in [-0.15, -0.1) is 0 Å². The van der Waals surface area contributed by atoms with Crippen molar-refractivity contribution in [2.75, 3.05) is 17.7 Å². The Morgan fingerprint density at radius 3 is 2.71 bits per heavy atom. The summed E-state index contributed by atoms with van der Waals surface area (Å²) in [6, 6.07) is 5.56. The Hall–Kier alpha value is -1.03. The summed E-state index contributed by atoms with van der Waals surface area (Å²) >= 11 is 3.35. The minimum atomic E-state index is 0.0352. The topological polar surface area (TPSA) is 46.3 Å². The molecule has 0 radical (unpaired) electrons. The van der Waals surface area contributed by atoms with Crippen molar-refractivity contribution in [3.05, 3.63) is 22.7 Å². The van der Waals surface area contributed by atoms with Gasteiger partial charge >= 0.3 is 0 Å². The van der Waals surface area contributed by atoms with E-state index in [2.05, 4.69) is 22.9 Å². The second kappa shape index (κ2) is 6.05. The van der Waals surface area contributed by atoms with Crippen LogP contribution >= 0.6 is 15.9 Å². The molecule has 0 fully saturated rings. The predicted octanol–water partition coefficient (Wildman–Crippen LogP) is 3.43. The first-order valence-electron chi connectivity index (χ1n) is 5.80. The highest BCUT2D eigenvalue weighted by molar-refractivity contribution is 9.10. The highest BCUT2D eigenvalue weighted by atomic mass is 79.9. The van der Waals surface area contributed by atoms with Gasteiger partial charge in [-0.3, -0.25) is 4.79 Å². The molecule has 1 atom stereocenters. The number of carbonyl (C=O) groups is 1. The third-order valence-electron chi connectivity index (χ3n) is 2.82. The number of nitrogen functional groups attached to an aromatic ring is 1. The first-order valence-corrected chi connectivity index (χ1v) is 6.59. The third-order valence-corrected chi connectivity index (χ3v) is 3.32. The average molecular weight is 299 g/mol.